The molecule has 0 spiro atoms. The van der Waals surface area contributed by atoms with Gasteiger partial charge in [0.1, 0.15) is 22.3 Å². The van der Waals surface area contributed by atoms with E-state index in [9.17, 15) is 4.79 Å². The third-order valence-electron chi connectivity index (χ3n) is 3.51. The van der Waals surface area contributed by atoms with Gasteiger partial charge in [-0.15, -0.1) is 0 Å². The molecule has 0 aliphatic heterocycles. The van der Waals surface area contributed by atoms with Crippen LogP contribution in [0, 0.1) is 0 Å². The Morgan fingerprint density at radius 1 is 1.15 bits per heavy atom. The van der Waals surface area contributed by atoms with Crippen LogP contribution < -0.4 is 19.8 Å². The second-order valence-electron chi connectivity index (χ2n) is 7.57. The fourth-order valence-corrected chi connectivity index (χ4v) is 2.57. The van der Waals surface area contributed by atoms with Gasteiger partial charge in [0.15, 0.2) is 5.75 Å². The van der Waals surface area contributed by atoms with Crippen LogP contribution in [0.4, 0.5) is 0 Å². The van der Waals surface area contributed by atoms with Gasteiger partial charge in [-0.25, -0.2) is 4.79 Å². The highest BCUT2D eigenvalue weighted by Crippen LogP contribution is 2.40. The fraction of sp³-hybridized carbons (Fsp3) is 0.500. The topological polar surface area (TPSA) is 57.9 Å². The van der Waals surface area contributed by atoms with E-state index < -0.39 is 11.2 Å². The molecule has 0 fully saturated rings. The summed E-state index contributed by atoms with van der Waals surface area (Å²) in [5.41, 5.74) is -0.549. The van der Waals surface area contributed by atoms with E-state index in [1.807, 2.05) is 46.8 Å². The van der Waals surface area contributed by atoms with Crippen molar-refractivity contribution in [1.29, 1.82) is 0 Å². The lowest BCUT2D eigenvalue weighted by atomic mass is 10.1. The molecule has 148 valence electrons. The van der Waals surface area contributed by atoms with Crippen molar-refractivity contribution in [2.45, 2.75) is 66.1 Å². The molecule has 0 atom stereocenters. The van der Waals surface area contributed by atoms with Crippen LogP contribution in [-0.4, -0.2) is 18.3 Å². The third-order valence-corrected chi connectivity index (χ3v) is 3.51. The first kappa shape index (κ1) is 20.9. The maximum Gasteiger partial charge on any atom is 0.383 e. The van der Waals surface area contributed by atoms with Crippen LogP contribution >= 0.6 is 0 Å². The molecule has 1 aromatic carbocycles. The molecule has 5 nitrogen and oxygen atoms in total. The first-order valence-corrected chi connectivity index (χ1v) is 9.46. The fourth-order valence-electron chi connectivity index (χ4n) is 2.57. The summed E-state index contributed by atoms with van der Waals surface area (Å²) in [5, 5.41) is 0.611. The second kappa shape index (κ2) is 8.98. The molecule has 0 saturated carbocycles. The molecule has 0 bridgehead atoms. The van der Waals surface area contributed by atoms with Crippen molar-refractivity contribution in [3.8, 4) is 17.2 Å². The van der Waals surface area contributed by atoms with Gasteiger partial charge in [-0.1, -0.05) is 25.1 Å². The Bertz CT molecular complexity index is 840. The van der Waals surface area contributed by atoms with Gasteiger partial charge in [0, 0.05) is 0 Å². The highest BCUT2D eigenvalue weighted by atomic mass is 16.5. The van der Waals surface area contributed by atoms with Gasteiger partial charge < -0.3 is 18.6 Å². The average molecular weight is 374 g/mol. The number of hydrogen-bond acceptors (Lipinski definition) is 5. The van der Waals surface area contributed by atoms with E-state index >= 15 is 0 Å². The smallest absolute Gasteiger partial charge is 0.383 e. The average Bonchev–Trinajstić information content (AvgIpc) is 2.54. The van der Waals surface area contributed by atoms with Crippen LogP contribution in [0.15, 0.2) is 39.6 Å². The number of hydrogen-bond donors (Lipinski definition) is 0. The summed E-state index contributed by atoms with van der Waals surface area (Å²) in [6, 6.07) is 5.36. The number of rotatable bonds is 8. The van der Waals surface area contributed by atoms with Gasteiger partial charge >= 0.3 is 5.63 Å². The standard InChI is InChI=1S/C22H30O5/c1-7-8-9-10-14-24-20-19(25-15(2)3)18-16(26-21(20)23)12-11-13-17(18)27-22(4,5)6/h8-9,11-13,15H,7,10,14H2,1-6H3/b9-8+. The monoisotopic (exact) mass is 374 g/mol. The summed E-state index contributed by atoms with van der Waals surface area (Å²) >= 11 is 0. The van der Waals surface area contributed by atoms with Crippen LogP contribution in [0.3, 0.4) is 0 Å². The zero-order chi connectivity index (χ0) is 20.0. The van der Waals surface area contributed by atoms with E-state index in [4.69, 9.17) is 18.6 Å². The van der Waals surface area contributed by atoms with E-state index in [0.717, 1.165) is 6.42 Å². The molecule has 5 heteroatoms. The minimum absolute atomic E-state index is 0.0889. The molecule has 27 heavy (non-hydrogen) atoms. The predicted molar refractivity (Wildman–Crippen MR) is 108 cm³/mol. The molecule has 0 saturated heterocycles. The van der Waals surface area contributed by atoms with Crippen LogP contribution in [0.1, 0.15) is 54.4 Å². The number of allylic oxidation sites excluding steroid dienone is 1. The summed E-state index contributed by atoms with van der Waals surface area (Å²) < 4.78 is 23.3. The molecule has 0 aliphatic carbocycles. The Hall–Kier alpha value is -2.43. The third kappa shape index (κ3) is 5.78. The summed E-state index contributed by atoms with van der Waals surface area (Å²) in [6.45, 7) is 12.1. The van der Waals surface area contributed by atoms with E-state index in [2.05, 4.69) is 13.0 Å². The van der Waals surface area contributed by atoms with Gasteiger partial charge in [-0.05, 0) is 59.6 Å². The van der Waals surface area contributed by atoms with Crippen molar-refractivity contribution in [2.75, 3.05) is 6.61 Å². The van der Waals surface area contributed by atoms with Crippen molar-refractivity contribution in [1.82, 2.24) is 0 Å². The molecule has 0 unspecified atom stereocenters. The molecule has 2 aromatic rings. The zero-order valence-corrected chi connectivity index (χ0v) is 17.1. The molecule has 2 rings (SSSR count). The normalized spacial score (nSPS) is 12.1. The molecular weight excluding hydrogens is 344 g/mol. The van der Waals surface area contributed by atoms with E-state index in [0.29, 0.717) is 35.5 Å². The Morgan fingerprint density at radius 3 is 2.52 bits per heavy atom. The van der Waals surface area contributed by atoms with E-state index in [1.54, 1.807) is 12.1 Å². The molecule has 0 radical (unpaired) electrons. The number of ether oxygens (including phenoxy) is 3. The van der Waals surface area contributed by atoms with Crippen molar-refractivity contribution in [3.63, 3.8) is 0 Å². The lowest BCUT2D eigenvalue weighted by molar-refractivity contribution is 0.132. The molecule has 1 heterocycles. The number of benzene rings is 1. The van der Waals surface area contributed by atoms with Crippen molar-refractivity contribution in [3.05, 3.63) is 40.8 Å². The van der Waals surface area contributed by atoms with Crippen LogP contribution in [0.5, 0.6) is 17.2 Å². The van der Waals surface area contributed by atoms with Gasteiger partial charge in [0.2, 0.25) is 5.75 Å². The van der Waals surface area contributed by atoms with Gasteiger partial charge in [0.25, 0.3) is 0 Å². The van der Waals surface area contributed by atoms with E-state index in [-0.39, 0.29) is 11.9 Å². The highest BCUT2D eigenvalue weighted by molar-refractivity contribution is 5.91. The first-order chi connectivity index (χ1) is 12.7. The lowest BCUT2D eigenvalue weighted by Crippen LogP contribution is -2.23. The molecule has 0 aliphatic rings. The Morgan fingerprint density at radius 2 is 1.89 bits per heavy atom. The maximum absolute atomic E-state index is 12.5. The largest absolute Gasteiger partial charge is 0.487 e. The maximum atomic E-state index is 12.5. The van der Waals surface area contributed by atoms with Crippen LogP contribution in [0.2, 0.25) is 0 Å². The second-order valence-corrected chi connectivity index (χ2v) is 7.57. The molecular formula is C22H30O5. The Kier molecular flexibility index (Phi) is 6.94. The lowest BCUT2D eigenvalue weighted by Gasteiger charge is -2.23. The summed E-state index contributed by atoms with van der Waals surface area (Å²) in [7, 11) is 0. The van der Waals surface area contributed by atoms with Crippen LogP contribution in [0.25, 0.3) is 11.0 Å². The highest BCUT2D eigenvalue weighted by Gasteiger charge is 2.24. The van der Waals surface area contributed by atoms with Crippen molar-refractivity contribution < 1.29 is 18.6 Å². The summed E-state index contributed by atoms with van der Waals surface area (Å²) in [6.07, 6.45) is 5.62. The SMILES string of the molecule is CC/C=C/CCOc1c(OC(C)C)c2c(OC(C)(C)C)cccc2oc1=O. The first-order valence-electron chi connectivity index (χ1n) is 9.46. The van der Waals surface area contributed by atoms with E-state index in [1.165, 1.54) is 0 Å². The quantitative estimate of drug-likeness (QED) is 0.347. The molecule has 0 amide bonds. The minimum Gasteiger partial charge on any atom is -0.487 e. The Balaban J connectivity index is 2.56. The summed E-state index contributed by atoms with van der Waals surface area (Å²) in [4.78, 5) is 12.5. The predicted octanol–water partition coefficient (Wildman–Crippen LogP) is 5.49. The Labute approximate surface area is 160 Å². The van der Waals surface area contributed by atoms with Gasteiger partial charge in [-0.3, -0.25) is 0 Å². The molecule has 1 aromatic heterocycles. The minimum atomic E-state index is -0.550. The van der Waals surface area contributed by atoms with Gasteiger partial charge in [-0.2, -0.15) is 0 Å². The molecule has 0 N–H and O–H groups in total. The summed E-state index contributed by atoms with van der Waals surface area (Å²) in [5.74, 6) is 1.05. The van der Waals surface area contributed by atoms with Gasteiger partial charge in [0.05, 0.1) is 12.7 Å². The van der Waals surface area contributed by atoms with Crippen molar-refractivity contribution >= 4 is 11.0 Å². The zero-order valence-electron chi connectivity index (χ0n) is 17.1. The number of fused-ring (bicyclic) bond motifs is 1. The van der Waals surface area contributed by atoms with Crippen molar-refractivity contribution in [2.24, 2.45) is 0 Å². The van der Waals surface area contributed by atoms with Crippen LogP contribution in [-0.2, 0) is 0 Å².